The van der Waals surface area contributed by atoms with Gasteiger partial charge in [0.25, 0.3) is 0 Å². The lowest BCUT2D eigenvalue weighted by molar-refractivity contribution is -0.141. The Balaban J connectivity index is 2.01. The van der Waals surface area contributed by atoms with Crippen LogP contribution in [0.1, 0.15) is 11.6 Å². The van der Waals surface area contributed by atoms with E-state index < -0.39 is 12.0 Å². The number of carboxylic acid groups (broad SMARTS) is 1. The van der Waals surface area contributed by atoms with Crippen molar-refractivity contribution in [2.75, 3.05) is 0 Å². The number of aliphatic carboxylic acids is 1. The van der Waals surface area contributed by atoms with E-state index in [-0.39, 0.29) is 0 Å². The van der Waals surface area contributed by atoms with Gasteiger partial charge in [0, 0.05) is 11.8 Å². The van der Waals surface area contributed by atoms with Gasteiger partial charge in [-0.15, -0.1) is 0 Å². The van der Waals surface area contributed by atoms with Crippen LogP contribution in [0.4, 0.5) is 0 Å². The van der Waals surface area contributed by atoms with Gasteiger partial charge in [-0.05, 0) is 11.6 Å². The average Bonchev–Trinajstić information content (AvgIpc) is 2.89. The molecule has 3 rings (SSSR count). The molecule has 4 nitrogen and oxygen atoms in total. The van der Waals surface area contributed by atoms with Gasteiger partial charge in [-0.3, -0.25) is 4.68 Å². The molecule has 0 aliphatic carbocycles. The van der Waals surface area contributed by atoms with Crippen molar-refractivity contribution < 1.29 is 9.90 Å². The highest BCUT2D eigenvalue weighted by Gasteiger charge is 2.22. The second-order valence-corrected chi connectivity index (χ2v) is 4.69. The van der Waals surface area contributed by atoms with Crippen molar-refractivity contribution >= 4 is 16.9 Å². The minimum atomic E-state index is -0.872. The first-order valence-corrected chi connectivity index (χ1v) is 6.44. The fourth-order valence-corrected chi connectivity index (χ4v) is 2.36. The topological polar surface area (TPSA) is 55.1 Å². The van der Waals surface area contributed by atoms with E-state index in [2.05, 4.69) is 5.10 Å². The fourth-order valence-electron chi connectivity index (χ4n) is 2.36. The standard InChI is InChI=1S/C16H14N2O2/c19-16(20)15(10-12-6-2-1-3-7-12)18-14-9-5-4-8-13(14)11-17-18/h1-9,11,15H,10H2,(H,19,20). The Morgan fingerprint density at radius 1 is 1.10 bits per heavy atom. The molecule has 1 N–H and O–H groups in total. The van der Waals surface area contributed by atoms with E-state index in [1.807, 2.05) is 54.6 Å². The van der Waals surface area contributed by atoms with Gasteiger partial charge < -0.3 is 5.11 Å². The molecule has 4 heteroatoms. The quantitative estimate of drug-likeness (QED) is 0.790. The van der Waals surface area contributed by atoms with Crippen LogP contribution in [0.25, 0.3) is 10.9 Å². The zero-order chi connectivity index (χ0) is 13.9. The lowest BCUT2D eigenvalue weighted by Crippen LogP contribution is -2.22. The molecular weight excluding hydrogens is 252 g/mol. The average molecular weight is 266 g/mol. The second-order valence-electron chi connectivity index (χ2n) is 4.69. The van der Waals surface area contributed by atoms with Crippen LogP contribution < -0.4 is 0 Å². The van der Waals surface area contributed by atoms with Gasteiger partial charge in [0.05, 0.1) is 11.7 Å². The number of hydrogen-bond donors (Lipinski definition) is 1. The predicted octanol–water partition coefficient (Wildman–Crippen LogP) is 2.90. The molecule has 2 aromatic carbocycles. The smallest absolute Gasteiger partial charge is 0.328 e. The molecule has 1 aromatic heterocycles. The summed E-state index contributed by atoms with van der Waals surface area (Å²) in [6.45, 7) is 0. The summed E-state index contributed by atoms with van der Waals surface area (Å²) in [6, 6.07) is 16.5. The van der Waals surface area contributed by atoms with Gasteiger partial charge in [0.15, 0.2) is 6.04 Å². The van der Waals surface area contributed by atoms with E-state index >= 15 is 0 Å². The molecule has 0 saturated heterocycles. The van der Waals surface area contributed by atoms with Crippen LogP contribution in [0.3, 0.4) is 0 Å². The van der Waals surface area contributed by atoms with Crippen LogP contribution in [-0.4, -0.2) is 20.9 Å². The maximum atomic E-state index is 11.6. The largest absolute Gasteiger partial charge is 0.480 e. The zero-order valence-electron chi connectivity index (χ0n) is 10.8. The van der Waals surface area contributed by atoms with Crippen molar-refractivity contribution in [2.45, 2.75) is 12.5 Å². The Bertz CT molecular complexity index is 734. The van der Waals surface area contributed by atoms with Crippen LogP contribution in [0, 0.1) is 0 Å². The lowest BCUT2D eigenvalue weighted by Gasteiger charge is -2.14. The molecule has 0 fully saturated rings. The van der Waals surface area contributed by atoms with Crippen LogP contribution in [0.15, 0.2) is 60.8 Å². The van der Waals surface area contributed by atoms with Crippen LogP contribution in [-0.2, 0) is 11.2 Å². The molecule has 0 spiro atoms. The molecule has 0 bridgehead atoms. The van der Waals surface area contributed by atoms with E-state index in [1.165, 1.54) is 0 Å². The number of rotatable bonds is 4. The summed E-state index contributed by atoms with van der Waals surface area (Å²) < 4.78 is 1.59. The SMILES string of the molecule is O=C(O)C(Cc1ccccc1)n1ncc2ccccc21. The minimum Gasteiger partial charge on any atom is -0.480 e. The third-order valence-corrected chi connectivity index (χ3v) is 3.36. The maximum Gasteiger partial charge on any atom is 0.328 e. The summed E-state index contributed by atoms with van der Waals surface area (Å²) in [5.41, 5.74) is 1.83. The number of nitrogens with zero attached hydrogens (tertiary/aromatic N) is 2. The van der Waals surface area contributed by atoms with Crippen LogP contribution in [0.2, 0.25) is 0 Å². The Kier molecular flexibility index (Phi) is 3.21. The molecule has 0 amide bonds. The van der Waals surface area contributed by atoms with Crippen LogP contribution in [0.5, 0.6) is 0 Å². The second kappa shape index (κ2) is 5.17. The van der Waals surface area contributed by atoms with E-state index in [9.17, 15) is 9.90 Å². The summed E-state index contributed by atoms with van der Waals surface area (Å²) >= 11 is 0. The Morgan fingerprint density at radius 3 is 2.55 bits per heavy atom. The molecule has 0 saturated carbocycles. The molecular formula is C16H14N2O2. The Hall–Kier alpha value is -2.62. The zero-order valence-corrected chi connectivity index (χ0v) is 10.8. The van der Waals surface area contributed by atoms with E-state index in [4.69, 9.17) is 0 Å². The minimum absolute atomic E-state index is 0.418. The van der Waals surface area contributed by atoms with Gasteiger partial charge >= 0.3 is 5.97 Å². The number of para-hydroxylation sites is 1. The van der Waals surface area contributed by atoms with E-state index in [1.54, 1.807) is 10.9 Å². The third-order valence-electron chi connectivity index (χ3n) is 3.36. The molecule has 3 aromatic rings. The first-order valence-electron chi connectivity index (χ1n) is 6.44. The monoisotopic (exact) mass is 266 g/mol. The van der Waals surface area contributed by atoms with Crippen molar-refractivity contribution in [1.82, 2.24) is 9.78 Å². The van der Waals surface area contributed by atoms with Crippen molar-refractivity contribution in [3.63, 3.8) is 0 Å². The lowest BCUT2D eigenvalue weighted by atomic mass is 10.1. The Labute approximate surface area is 116 Å². The number of carbonyl (C=O) groups is 1. The molecule has 0 aliphatic heterocycles. The van der Waals surface area contributed by atoms with Gasteiger partial charge in [-0.1, -0.05) is 48.5 Å². The van der Waals surface area contributed by atoms with Gasteiger partial charge in [0.2, 0.25) is 0 Å². The van der Waals surface area contributed by atoms with Gasteiger partial charge in [-0.25, -0.2) is 4.79 Å². The first-order chi connectivity index (χ1) is 9.75. The highest BCUT2D eigenvalue weighted by atomic mass is 16.4. The molecule has 1 heterocycles. The summed E-state index contributed by atoms with van der Waals surface area (Å²) in [6.07, 6.45) is 2.12. The molecule has 0 radical (unpaired) electrons. The normalized spacial score (nSPS) is 12.4. The van der Waals surface area contributed by atoms with E-state index in [0.29, 0.717) is 6.42 Å². The summed E-state index contributed by atoms with van der Waals surface area (Å²) in [5, 5.41) is 14.7. The van der Waals surface area contributed by atoms with Crippen molar-refractivity contribution in [3.8, 4) is 0 Å². The number of hydrogen-bond acceptors (Lipinski definition) is 2. The highest BCUT2D eigenvalue weighted by molar-refractivity contribution is 5.81. The van der Waals surface area contributed by atoms with Gasteiger partial charge in [-0.2, -0.15) is 5.10 Å². The Morgan fingerprint density at radius 2 is 1.80 bits per heavy atom. The third kappa shape index (κ3) is 2.28. The number of benzene rings is 2. The summed E-state index contributed by atoms with van der Waals surface area (Å²) in [7, 11) is 0. The van der Waals surface area contributed by atoms with Crippen molar-refractivity contribution in [3.05, 3.63) is 66.4 Å². The summed E-state index contributed by atoms with van der Waals surface area (Å²) in [4.78, 5) is 11.6. The van der Waals surface area contributed by atoms with Gasteiger partial charge in [0.1, 0.15) is 0 Å². The molecule has 100 valence electrons. The highest BCUT2D eigenvalue weighted by Crippen LogP contribution is 2.21. The predicted molar refractivity (Wildman–Crippen MR) is 76.6 cm³/mol. The molecule has 1 unspecified atom stereocenters. The summed E-state index contributed by atoms with van der Waals surface area (Å²) in [5.74, 6) is -0.872. The van der Waals surface area contributed by atoms with E-state index in [0.717, 1.165) is 16.5 Å². The van der Waals surface area contributed by atoms with Crippen molar-refractivity contribution in [1.29, 1.82) is 0 Å². The number of fused-ring (bicyclic) bond motifs is 1. The molecule has 0 aliphatic rings. The first kappa shape index (κ1) is 12.4. The fraction of sp³-hybridized carbons (Fsp3) is 0.125. The number of aromatic nitrogens is 2. The molecule has 20 heavy (non-hydrogen) atoms. The maximum absolute atomic E-state index is 11.6. The number of carboxylic acids is 1. The molecule has 1 atom stereocenters. The van der Waals surface area contributed by atoms with Crippen LogP contribution >= 0.6 is 0 Å². The van der Waals surface area contributed by atoms with Crippen molar-refractivity contribution in [2.24, 2.45) is 0 Å².